The Morgan fingerprint density at radius 2 is 1.81 bits per heavy atom. The van der Waals surface area contributed by atoms with Gasteiger partial charge in [0.2, 0.25) is 0 Å². The van der Waals surface area contributed by atoms with E-state index in [1.54, 1.807) is 12.1 Å². The minimum absolute atomic E-state index is 0.0389. The molecule has 26 heavy (non-hydrogen) atoms. The van der Waals surface area contributed by atoms with Gasteiger partial charge in [0.05, 0.1) is 26.2 Å². The molecule has 0 atom stereocenters. The molecule has 1 saturated carbocycles. The second-order valence-corrected chi connectivity index (χ2v) is 7.64. The fourth-order valence-electron chi connectivity index (χ4n) is 3.68. The number of halogens is 1. The zero-order chi connectivity index (χ0) is 18.4. The first-order valence-corrected chi connectivity index (χ1v) is 9.95. The lowest BCUT2D eigenvalue weighted by Gasteiger charge is -2.35. The predicted molar refractivity (Wildman–Crippen MR) is 105 cm³/mol. The van der Waals surface area contributed by atoms with Crippen molar-refractivity contribution in [3.05, 3.63) is 30.1 Å². The largest absolute Gasteiger partial charge is 0.360 e. The van der Waals surface area contributed by atoms with Crippen molar-refractivity contribution < 1.29 is 14.1 Å². The number of thiocarbonyl (C=S) groups is 1. The molecule has 0 radical (unpaired) electrons. The molecular formula is C19H28FN4OS+. The molecular weight excluding hydrogens is 351 g/mol. The van der Waals surface area contributed by atoms with Crippen LogP contribution in [0.1, 0.15) is 32.1 Å². The molecule has 0 spiro atoms. The standard InChI is InChI=1S/C19H27FN4OS/c20-15-6-8-17(9-7-15)21-18(25)14-23-10-12-24(13-11-23)19(26)22-16-4-2-1-3-5-16/h6-9,16H,1-5,10-14H2,(H,21,25)(H,22,26)/p+1. The minimum Gasteiger partial charge on any atom is -0.360 e. The summed E-state index contributed by atoms with van der Waals surface area (Å²) >= 11 is 5.57. The summed E-state index contributed by atoms with van der Waals surface area (Å²) in [4.78, 5) is 15.6. The number of hydrogen-bond donors (Lipinski definition) is 3. The summed E-state index contributed by atoms with van der Waals surface area (Å²) in [5, 5.41) is 7.21. The number of anilines is 1. The first-order chi connectivity index (χ1) is 12.6. The van der Waals surface area contributed by atoms with Gasteiger partial charge in [-0.1, -0.05) is 19.3 Å². The topological polar surface area (TPSA) is 48.8 Å². The Morgan fingerprint density at radius 3 is 2.46 bits per heavy atom. The van der Waals surface area contributed by atoms with E-state index in [9.17, 15) is 9.18 Å². The number of amides is 1. The molecule has 1 amide bonds. The maximum Gasteiger partial charge on any atom is 0.279 e. The van der Waals surface area contributed by atoms with Crippen LogP contribution >= 0.6 is 12.2 Å². The van der Waals surface area contributed by atoms with Gasteiger partial charge in [0, 0.05) is 11.7 Å². The van der Waals surface area contributed by atoms with E-state index >= 15 is 0 Å². The van der Waals surface area contributed by atoms with Crippen molar-refractivity contribution in [2.45, 2.75) is 38.1 Å². The summed E-state index contributed by atoms with van der Waals surface area (Å²) in [7, 11) is 0. The van der Waals surface area contributed by atoms with Gasteiger partial charge in [-0.25, -0.2) is 4.39 Å². The smallest absolute Gasteiger partial charge is 0.279 e. The molecule has 0 aromatic heterocycles. The number of benzene rings is 1. The average molecular weight is 380 g/mol. The van der Waals surface area contributed by atoms with Gasteiger partial charge >= 0.3 is 0 Å². The van der Waals surface area contributed by atoms with Crippen LogP contribution < -0.4 is 15.5 Å². The fraction of sp³-hybridized carbons (Fsp3) is 0.579. The van der Waals surface area contributed by atoms with Crippen LogP contribution in [0.2, 0.25) is 0 Å². The zero-order valence-corrected chi connectivity index (χ0v) is 15.9. The van der Waals surface area contributed by atoms with E-state index in [1.165, 1.54) is 49.1 Å². The first-order valence-electron chi connectivity index (χ1n) is 9.54. The van der Waals surface area contributed by atoms with Crippen molar-refractivity contribution in [2.24, 2.45) is 0 Å². The fourth-order valence-corrected chi connectivity index (χ4v) is 4.03. The molecule has 0 unspecified atom stereocenters. The lowest BCUT2D eigenvalue weighted by molar-refractivity contribution is -0.895. The van der Waals surface area contributed by atoms with Gasteiger partial charge in [0.15, 0.2) is 11.7 Å². The third-order valence-corrected chi connectivity index (χ3v) is 5.61. The molecule has 2 aliphatic rings. The number of carbonyl (C=O) groups excluding carboxylic acids is 1. The van der Waals surface area contributed by atoms with Crippen molar-refractivity contribution in [1.82, 2.24) is 10.2 Å². The lowest BCUT2D eigenvalue weighted by atomic mass is 9.96. The summed E-state index contributed by atoms with van der Waals surface area (Å²) < 4.78 is 12.9. The average Bonchev–Trinajstić information content (AvgIpc) is 2.65. The van der Waals surface area contributed by atoms with Crippen molar-refractivity contribution in [3.63, 3.8) is 0 Å². The molecule has 3 rings (SSSR count). The number of hydrogen-bond acceptors (Lipinski definition) is 2. The van der Waals surface area contributed by atoms with Crippen LogP contribution in [0.4, 0.5) is 10.1 Å². The Morgan fingerprint density at radius 1 is 1.15 bits per heavy atom. The van der Waals surface area contributed by atoms with E-state index in [0.717, 1.165) is 31.3 Å². The SMILES string of the molecule is O=C(C[NH+]1CCN(C(=S)NC2CCCCC2)CC1)Nc1ccc(F)cc1. The van der Waals surface area contributed by atoms with Crippen LogP contribution in [-0.2, 0) is 4.79 Å². The zero-order valence-electron chi connectivity index (χ0n) is 15.1. The highest BCUT2D eigenvalue weighted by atomic mass is 32.1. The Hall–Kier alpha value is -1.73. The number of nitrogens with one attached hydrogen (secondary N) is 3. The highest BCUT2D eigenvalue weighted by Gasteiger charge is 2.25. The second kappa shape index (κ2) is 9.28. The van der Waals surface area contributed by atoms with E-state index in [0.29, 0.717) is 18.3 Å². The summed E-state index contributed by atoms with van der Waals surface area (Å²) in [5.41, 5.74) is 0.632. The highest BCUT2D eigenvalue weighted by molar-refractivity contribution is 7.80. The van der Waals surface area contributed by atoms with Crippen molar-refractivity contribution in [3.8, 4) is 0 Å². The summed E-state index contributed by atoms with van der Waals surface area (Å²) in [6.07, 6.45) is 6.36. The van der Waals surface area contributed by atoms with Crippen LogP contribution in [0.15, 0.2) is 24.3 Å². The highest BCUT2D eigenvalue weighted by Crippen LogP contribution is 2.17. The lowest BCUT2D eigenvalue weighted by Crippen LogP contribution is -3.15. The molecule has 1 aliphatic heterocycles. The van der Waals surface area contributed by atoms with Gasteiger partial charge in [0.25, 0.3) is 5.91 Å². The number of quaternary nitrogens is 1. The number of rotatable bonds is 4. The van der Waals surface area contributed by atoms with E-state index in [-0.39, 0.29) is 11.7 Å². The molecule has 1 aromatic carbocycles. The first kappa shape index (κ1) is 19.0. The Bertz CT molecular complexity index is 610. The molecule has 5 nitrogen and oxygen atoms in total. The molecule has 0 bridgehead atoms. The van der Waals surface area contributed by atoms with E-state index in [1.807, 2.05) is 0 Å². The molecule has 1 aliphatic carbocycles. The van der Waals surface area contributed by atoms with Crippen LogP contribution in [0, 0.1) is 5.82 Å². The van der Waals surface area contributed by atoms with Gasteiger partial charge in [-0.15, -0.1) is 0 Å². The molecule has 1 aromatic rings. The van der Waals surface area contributed by atoms with E-state index < -0.39 is 0 Å². The summed E-state index contributed by atoms with van der Waals surface area (Å²) in [6.45, 7) is 3.95. The van der Waals surface area contributed by atoms with Crippen molar-refractivity contribution in [1.29, 1.82) is 0 Å². The van der Waals surface area contributed by atoms with Gasteiger partial charge in [-0.2, -0.15) is 0 Å². The van der Waals surface area contributed by atoms with Gasteiger partial charge in [-0.05, 0) is 49.3 Å². The Labute approximate surface area is 159 Å². The van der Waals surface area contributed by atoms with Gasteiger partial charge in [0.1, 0.15) is 5.82 Å². The maximum absolute atomic E-state index is 12.9. The third-order valence-electron chi connectivity index (χ3n) is 5.23. The van der Waals surface area contributed by atoms with E-state index in [4.69, 9.17) is 12.2 Å². The normalized spacial score (nSPS) is 19.2. The maximum atomic E-state index is 12.9. The van der Waals surface area contributed by atoms with Crippen LogP contribution in [0.3, 0.4) is 0 Å². The molecule has 7 heteroatoms. The summed E-state index contributed by atoms with van der Waals surface area (Å²) in [6, 6.07) is 6.39. The van der Waals surface area contributed by atoms with Crippen LogP contribution in [0.5, 0.6) is 0 Å². The Balaban J connectivity index is 1.38. The summed E-state index contributed by atoms with van der Waals surface area (Å²) in [5.74, 6) is -0.342. The molecule has 3 N–H and O–H groups in total. The van der Waals surface area contributed by atoms with Crippen LogP contribution in [0.25, 0.3) is 0 Å². The van der Waals surface area contributed by atoms with Gasteiger partial charge in [-0.3, -0.25) is 4.79 Å². The second-order valence-electron chi connectivity index (χ2n) is 7.25. The molecule has 142 valence electrons. The quantitative estimate of drug-likeness (QED) is 0.688. The van der Waals surface area contributed by atoms with Gasteiger partial charge < -0.3 is 20.4 Å². The molecule has 1 saturated heterocycles. The predicted octanol–water partition coefficient (Wildman–Crippen LogP) is 1.17. The number of piperazine rings is 1. The van der Waals surface area contributed by atoms with Crippen LogP contribution in [-0.4, -0.2) is 54.7 Å². The Kier molecular flexibility index (Phi) is 6.80. The molecule has 2 fully saturated rings. The third kappa shape index (κ3) is 5.64. The monoisotopic (exact) mass is 379 g/mol. The molecule has 1 heterocycles. The van der Waals surface area contributed by atoms with Crippen molar-refractivity contribution in [2.75, 3.05) is 38.0 Å². The number of carbonyl (C=O) groups is 1. The van der Waals surface area contributed by atoms with E-state index in [2.05, 4.69) is 15.5 Å². The minimum atomic E-state index is -0.303. The van der Waals surface area contributed by atoms with Crippen molar-refractivity contribution >= 4 is 28.9 Å². The number of nitrogens with zero attached hydrogens (tertiary/aromatic N) is 1.